The first-order valence-corrected chi connectivity index (χ1v) is 7.50. The molecule has 0 spiro atoms. The number of rotatable bonds is 7. The molecule has 1 aromatic heterocycles. The van der Waals surface area contributed by atoms with Crippen LogP contribution in [0.5, 0.6) is 0 Å². The van der Waals surface area contributed by atoms with Crippen molar-refractivity contribution in [3.05, 3.63) is 34.2 Å². The topological polar surface area (TPSA) is 88.4 Å². The van der Waals surface area contributed by atoms with E-state index in [4.69, 9.17) is 0 Å². The smallest absolute Gasteiger partial charge is 0.326 e. The number of nitrogens with zero attached hydrogens (tertiary/aromatic N) is 1. The second-order valence-corrected chi connectivity index (χ2v) is 5.78. The second kappa shape index (κ2) is 7.77. The van der Waals surface area contributed by atoms with Crippen LogP contribution in [0.2, 0.25) is 0 Å². The number of hydrogen-bond donors (Lipinski definition) is 2. The number of carboxylic acid groups (broad SMARTS) is 1. The molecule has 0 aliphatic heterocycles. The number of carbonyl (C=O) groups excluding carboxylic acids is 1. The van der Waals surface area contributed by atoms with Gasteiger partial charge in [0, 0.05) is 11.8 Å². The first-order chi connectivity index (χ1) is 10.3. The van der Waals surface area contributed by atoms with Gasteiger partial charge in [0.15, 0.2) is 0 Å². The standard InChI is InChI=1S/C16H24N2O4/c1-5-7-12(18-9-6-8-11(4)15(18)20)14(19)17-13(10(2)3)16(21)22/h6,8-10,12-13H,5,7H2,1-4H3,(H,17,19)(H,21,22). The van der Waals surface area contributed by atoms with Gasteiger partial charge in [-0.05, 0) is 25.3 Å². The highest BCUT2D eigenvalue weighted by Gasteiger charge is 2.28. The molecule has 1 rings (SSSR count). The molecule has 1 amide bonds. The summed E-state index contributed by atoms with van der Waals surface area (Å²) in [7, 11) is 0. The summed E-state index contributed by atoms with van der Waals surface area (Å²) in [6, 6.07) is 1.74. The lowest BCUT2D eigenvalue weighted by atomic mass is 10.0. The predicted molar refractivity (Wildman–Crippen MR) is 83.8 cm³/mol. The zero-order valence-electron chi connectivity index (χ0n) is 13.5. The van der Waals surface area contributed by atoms with Crippen molar-refractivity contribution in [2.24, 2.45) is 5.92 Å². The zero-order chi connectivity index (χ0) is 16.9. The fourth-order valence-corrected chi connectivity index (χ4v) is 2.30. The Morgan fingerprint density at radius 1 is 1.36 bits per heavy atom. The minimum Gasteiger partial charge on any atom is -0.480 e. The summed E-state index contributed by atoms with van der Waals surface area (Å²) in [6.07, 6.45) is 2.75. The molecule has 1 heterocycles. The molecular weight excluding hydrogens is 284 g/mol. The summed E-state index contributed by atoms with van der Waals surface area (Å²) in [5, 5.41) is 11.7. The van der Waals surface area contributed by atoms with E-state index in [1.54, 1.807) is 39.1 Å². The zero-order valence-corrected chi connectivity index (χ0v) is 13.5. The van der Waals surface area contributed by atoms with Gasteiger partial charge in [-0.3, -0.25) is 9.59 Å². The third-order valence-electron chi connectivity index (χ3n) is 3.60. The van der Waals surface area contributed by atoms with E-state index >= 15 is 0 Å². The first-order valence-electron chi connectivity index (χ1n) is 7.50. The minimum atomic E-state index is -1.07. The normalized spacial score (nSPS) is 13.7. The number of nitrogens with one attached hydrogen (secondary N) is 1. The quantitative estimate of drug-likeness (QED) is 0.803. The lowest BCUT2D eigenvalue weighted by Gasteiger charge is -2.23. The molecule has 0 radical (unpaired) electrons. The largest absolute Gasteiger partial charge is 0.480 e. The van der Waals surface area contributed by atoms with Crippen LogP contribution in [0.25, 0.3) is 0 Å². The molecule has 2 unspecified atom stereocenters. The number of aromatic nitrogens is 1. The van der Waals surface area contributed by atoms with Crippen LogP contribution in [0.1, 0.15) is 45.2 Å². The fourth-order valence-electron chi connectivity index (χ4n) is 2.30. The number of amides is 1. The number of aliphatic carboxylic acids is 1. The summed E-state index contributed by atoms with van der Waals surface area (Å²) in [4.78, 5) is 35.9. The number of carboxylic acids is 1. The average Bonchev–Trinajstić information content (AvgIpc) is 2.44. The minimum absolute atomic E-state index is 0.229. The van der Waals surface area contributed by atoms with Gasteiger partial charge in [-0.1, -0.05) is 33.3 Å². The van der Waals surface area contributed by atoms with Crippen molar-refractivity contribution in [3.8, 4) is 0 Å². The van der Waals surface area contributed by atoms with E-state index in [0.29, 0.717) is 18.4 Å². The Hall–Kier alpha value is -2.11. The van der Waals surface area contributed by atoms with E-state index in [-0.39, 0.29) is 11.5 Å². The van der Waals surface area contributed by atoms with Crippen molar-refractivity contribution in [1.82, 2.24) is 9.88 Å². The molecule has 0 saturated heterocycles. The van der Waals surface area contributed by atoms with E-state index < -0.39 is 24.0 Å². The number of aryl methyl sites for hydroxylation is 1. The van der Waals surface area contributed by atoms with Crippen LogP contribution in [0.4, 0.5) is 0 Å². The molecule has 6 nitrogen and oxygen atoms in total. The Morgan fingerprint density at radius 2 is 2.00 bits per heavy atom. The maximum atomic E-state index is 12.5. The van der Waals surface area contributed by atoms with Gasteiger partial charge >= 0.3 is 5.97 Å². The predicted octanol–water partition coefficient (Wildman–Crippen LogP) is 1.72. The van der Waals surface area contributed by atoms with E-state index in [2.05, 4.69) is 5.32 Å². The van der Waals surface area contributed by atoms with Gasteiger partial charge in [0.1, 0.15) is 12.1 Å². The van der Waals surface area contributed by atoms with E-state index in [1.807, 2.05) is 6.92 Å². The number of pyridine rings is 1. The van der Waals surface area contributed by atoms with Crippen molar-refractivity contribution in [2.75, 3.05) is 0 Å². The van der Waals surface area contributed by atoms with Gasteiger partial charge in [0.05, 0.1) is 0 Å². The summed E-state index contributed by atoms with van der Waals surface area (Å²) >= 11 is 0. The average molecular weight is 308 g/mol. The molecule has 2 atom stereocenters. The Kier molecular flexibility index (Phi) is 6.34. The lowest BCUT2D eigenvalue weighted by Crippen LogP contribution is -2.48. The van der Waals surface area contributed by atoms with Gasteiger partial charge in [0.25, 0.3) is 5.56 Å². The van der Waals surface area contributed by atoms with Crippen LogP contribution in [-0.2, 0) is 9.59 Å². The van der Waals surface area contributed by atoms with E-state index in [1.165, 1.54) is 4.57 Å². The van der Waals surface area contributed by atoms with Crippen molar-refractivity contribution in [1.29, 1.82) is 0 Å². The van der Waals surface area contributed by atoms with Crippen LogP contribution >= 0.6 is 0 Å². The Labute approximate surface area is 130 Å². The summed E-state index contributed by atoms with van der Waals surface area (Å²) in [5.74, 6) is -1.75. The summed E-state index contributed by atoms with van der Waals surface area (Å²) < 4.78 is 1.38. The second-order valence-electron chi connectivity index (χ2n) is 5.78. The Balaban J connectivity index is 3.10. The maximum Gasteiger partial charge on any atom is 0.326 e. The maximum absolute atomic E-state index is 12.5. The first kappa shape index (κ1) is 17.9. The monoisotopic (exact) mass is 308 g/mol. The molecule has 0 fully saturated rings. The van der Waals surface area contributed by atoms with Gasteiger partial charge in [-0.25, -0.2) is 4.79 Å². The van der Waals surface area contributed by atoms with Crippen LogP contribution in [0, 0.1) is 12.8 Å². The van der Waals surface area contributed by atoms with Gasteiger partial charge < -0.3 is 15.0 Å². The van der Waals surface area contributed by atoms with Crippen molar-refractivity contribution >= 4 is 11.9 Å². The lowest BCUT2D eigenvalue weighted by molar-refractivity contribution is -0.143. The van der Waals surface area contributed by atoms with Crippen LogP contribution in [-0.4, -0.2) is 27.6 Å². The number of carbonyl (C=O) groups is 2. The third kappa shape index (κ3) is 4.19. The molecule has 0 bridgehead atoms. The van der Waals surface area contributed by atoms with Gasteiger partial charge in [-0.2, -0.15) is 0 Å². The highest BCUT2D eigenvalue weighted by atomic mass is 16.4. The summed E-state index contributed by atoms with van der Waals surface area (Å²) in [6.45, 7) is 7.06. The highest BCUT2D eigenvalue weighted by molar-refractivity contribution is 5.86. The molecule has 0 aliphatic rings. The molecule has 1 aromatic rings. The highest BCUT2D eigenvalue weighted by Crippen LogP contribution is 2.14. The molecule has 0 aromatic carbocycles. The van der Waals surface area contributed by atoms with Crippen LogP contribution in [0.15, 0.2) is 23.1 Å². The van der Waals surface area contributed by atoms with Crippen molar-refractivity contribution in [2.45, 2.75) is 52.6 Å². The van der Waals surface area contributed by atoms with E-state index in [0.717, 1.165) is 0 Å². The molecular formula is C16H24N2O4. The van der Waals surface area contributed by atoms with E-state index in [9.17, 15) is 19.5 Å². The van der Waals surface area contributed by atoms with Crippen LogP contribution < -0.4 is 10.9 Å². The SMILES string of the molecule is CCCC(C(=O)NC(C(=O)O)C(C)C)n1cccc(C)c1=O. The molecule has 2 N–H and O–H groups in total. The summed E-state index contributed by atoms with van der Waals surface area (Å²) in [5.41, 5.74) is 0.322. The molecule has 6 heteroatoms. The molecule has 22 heavy (non-hydrogen) atoms. The van der Waals surface area contributed by atoms with Gasteiger partial charge in [0.2, 0.25) is 5.91 Å². The molecule has 0 aliphatic carbocycles. The third-order valence-corrected chi connectivity index (χ3v) is 3.60. The van der Waals surface area contributed by atoms with Gasteiger partial charge in [-0.15, -0.1) is 0 Å². The fraction of sp³-hybridized carbons (Fsp3) is 0.562. The molecule has 122 valence electrons. The number of hydrogen-bond acceptors (Lipinski definition) is 3. The van der Waals surface area contributed by atoms with Crippen molar-refractivity contribution < 1.29 is 14.7 Å². The molecule has 0 saturated carbocycles. The Bertz CT molecular complexity index is 592. The Morgan fingerprint density at radius 3 is 2.50 bits per heavy atom. The van der Waals surface area contributed by atoms with Crippen molar-refractivity contribution in [3.63, 3.8) is 0 Å². The van der Waals surface area contributed by atoms with Crippen LogP contribution in [0.3, 0.4) is 0 Å².